The standard InChI is InChI=1S/C14H14FN5OS/c15-10-7-16-4-1-9(10)13(21)19-5-2-12-11(19)3-6-20(12)14-18-17-8-22-14/h1,4,7-8,11-12H,2-3,5-6H2/t11-,12+/m0/s1. The molecule has 4 rings (SSSR count). The third-order valence-corrected chi connectivity index (χ3v) is 5.16. The summed E-state index contributed by atoms with van der Waals surface area (Å²) in [6.45, 7) is 1.50. The van der Waals surface area contributed by atoms with E-state index < -0.39 is 5.82 Å². The van der Waals surface area contributed by atoms with E-state index in [2.05, 4.69) is 20.1 Å². The quantitative estimate of drug-likeness (QED) is 0.841. The van der Waals surface area contributed by atoms with Gasteiger partial charge in [-0.1, -0.05) is 11.3 Å². The SMILES string of the molecule is O=C(c1ccncc1F)N1CC[C@@H]2[C@@H]1CCN2c1nncs1. The predicted molar refractivity (Wildman–Crippen MR) is 79.3 cm³/mol. The van der Waals surface area contributed by atoms with Gasteiger partial charge in [-0.2, -0.15) is 0 Å². The van der Waals surface area contributed by atoms with Gasteiger partial charge in [0.25, 0.3) is 5.91 Å². The van der Waals surface area contributed by atoms with Crippen LogP contribution < -0.4 is 4.90 Å². The molecule has 2 aromatic rings. The van der Waals surface area contributed by atoms with Crippen LogP contribution in [0.15, 0.2) is 24.0 Å². The van der Waals surface area contributed by atoms with Gasteiger partial charge in [0.05, 0.1) is 23.8 Å². The summed E-state index contributed by atoms with van der Waals surface area (Å²) in [4.78, 5) is 20.3. The fraction of sp³-hybridized carbons (Fsp3) is 0.429. The fourth-order valence-electron chi connectivity index (χ4n) is 3.47. The molecule has 2 fully saturated rings. The summed E-state index contributed by atoms with van der Waals surface area (Å²) in [6, 6.07) is 1.81. The van der Waals surface area contributed by atoms with Gasteiger partial charge in [0.2, 0.25) is 5.13 Å². The van der Waals surface area contributed by atoms with E-state index >= 15 is 0 Å². The highest BCUT2D eigenvalue weighted by molar-refractivity contribution is 7.13. The Morgan fingerprint density at radius 2 is 2.18 bits per heavy atom. The van der Waals surface area contributed by atoms with E-state index in [0.717, 1.165) is 30.7 Å². The van der Waals surface area contributed by atoms with Crippen molar-refractivity contribution in [1.82, 2.24) is 20.1 Å². The van der Waals surface area contributed by atoms with Crippen LogP contribution in [0.1, 0.15) is 23.2 Å². The van der Waals surface area contributed by atoms with Crippen molar-refractivity contribution < 1.29 is 9.18 Å². The number of aromatic nitrogens is 3. The van der Waals surface area contributed by atoms with E-state index in [1.54, 1.807) is 10.4 Å². The van der Waals surface area contributed by atoms with Crippen molar-refractivity contribution in [3.63, 3.8) is 0 Å². The van der Waals surface area contributed by atoms with Crippen LogP contribution in [-0.2, 0) is 0 Å². The first-order valence-electron chi connectivity index (χ1n) is 7.19. The number of amides is 1. The van der Waals surface area contributed by atoms with Crippen LogP contribution in [0.2, 0.25) is 0 Å². The zero-order valence-electron chi connectivity index (χ0n) is 11.7. The van der Waals surface area contributed by atoms with Gasteiger partial charge in [0.15, 0.2) is 5.82 Å². The second-order valence-corrected chi connectivity index (χ2v) is 6.29. The Morgan fingerprint density at radius 1 is 1.32 bits per heavy atom. The highest BCUT2D eigenvalue weighted by Gasteiger charge is 2.45. The summed E-state index contributed by atoms with van der Waals surface area (Å²) in [5, 5.41) is 8.91. The summed E-state index contributed by atoms with van der Waals surface area (Å²) in [7, 11) is 0. The van der Waals surface area contributed by atoms with E-state index in [4.69, 9.17) is 0 Å². The third kappa shape index (κ3) is 2.06. The Morgan fingerprint density at radius 3 is 2.95 bits per heavy atom. The first-order valence-corrected chi connectivity index (χ1v) is 8.07. The summed E-state index contributed by atoms with van der Waals surface area (Å²) < 4.78 is 13.8. The lowest BCUT2D eigenvalue weighted by atomic mass is 10.1. The number of hydrogen-bond acceptors (Lipinski definition) is 6. The molecule has 114 valence electrons. The number of hydrogen-bond donors (Lipinski definition) is 0. The molecule has 4 heterocycles. The van der Waals surface area contributed by atoms with Crippen LogP contribution in [0.5, 0.6) is 0 Å². The van der Waals surface area contributed by atoms with Gasteiger partial charge in [-0.15, -0.1) is 10.2 Å². The molecule has 8 heteroatoms. The molecule has 2 aliphatic heterocycles. The van der Waals surface area contributed by atoms with Gasteiger partial charge in [0.1, 0.15) is 5.51 Å². The maximum atomic E-state index is 13.8. The zero-order chi connectivity index (χ0) is 15.1. The molecule has 0 spiro atoms. The maximum Gasteiger partial charge on any atom is 0.257 e. The molecule has 0 saturated carbocycles. The number of rotatable bonds is 2. The summed E-state index contributed by atoms with van der Waals surface area (Å²) in [5.41, 5.74) is 1.82. The highest BCUT2D eigenvalue weighted by Crippen LogP contribution is 2.36. The van der Waals surface area contributed by atoms with Crippen molar-refractivity contribution in [3.8, 4) is 0 Å². The predicted octanol–water partition coefficient (Wildman–Crippen LogP) is 1.57. The first-order chi connectivity index (χ1) is 10.8. The van der Waals surface area contributed by atoms with Crippen LogP contribution in [0.25, 0.3) is 0 Å². The molecule has 0 radical (unpaired) electrons. The molecule has 22 heavy (non-hydrogen) atoms. The molecule has 0 aromatic carbocycles. The lowest BCUT2D eigenvalue weighted by Crippen LogP contribution is -2.40. The number of anilines is 1. The molecule has 2 atom stereocenters. The lowest BCUT2D eigenvalue weighted by Gasteiger charge is -2.25. The van der Waals surface area contributed by atoms with E-state index in [-0.39, 0.29) is 23.6 Å². The van der Waals surface area contributed by atoms with Crippen molar-refractivity contribution >= 4 is 22.4 Å². The maximum absolute atomic E-state index is 13.8. The topological polar surface area (TPSA) is 62.2 Å². The highest BCUT2D eigenvalue weighted by atomic mass is 32.1. The minimum Gasteiger partial charge on any atom is -0.341 e. The normalized spacial score (nSPS) is 23.9. The summed E-state index contributed by atoms with van der Waals surface area (Å²) in [5.74, 6) is -0.804. The molecular formula is C14H14FN5OS. The largest absolute Gasteiger partial charge is 0.341 e. The van der Waals surface area contributed by atoms with Crippen LogP contribution >= 0.6 is 11.3 Å². The molecule has 6 nitrogen and oxygen atoms in total. The second kappa shape index (κ2) is 5.28. The van der Waals surface area contributed by atoms with Crippen LogP contribution in [0, 0.1) is 5.82 Å². The monoisotopic (exact) mass is 319 g/mol. The van der Waals surface area contributed by atoms with Crippen molar-refractivity contribution in [1.29, 1.82) is 0 Å². The minimum absolute atomic E-state index is 0.102. The molecule has 2 aliphatic rings. The lowest BCUT2D eigenvalue weighted by molar-refractivity contribution is 0.0732. The number of carbonyl (C=O) groups excluding carboxylic acids is 1. The Labute approximate surface area is 130 Å². The Bertz CT molecular complexity index is 694. The number of carbonyl (C=O) groups is 1. The average molecular weight is 319 g/mol. The molecule has 0 unspecified atom stereocenters. The fourth-order valence-corrected chi connectivity index (χ4v) is 4.12. The van der Waals surface area contributed by atoms with E-state index in [0.29, 0.717) is 6.54 Å². The van der Waals surface area contributed by atoms with E-state index in [1.807, 2.05) is 0 Å². The van der Waals surface area contributed by atoms with E-state index in [9.17, 15) is 9.18 Å². The Balaban J connectivity index is 1.57. The number of fused-ring (bicyclic) bond motifs is 1. The number of likely N-dealkylation sites (tertiary alicyclic amines) is 1. The van der Waals surface area contributed by atoms with Crippen LogP contribution in [0.3, 0.4) is 0 Å². The molecule has 0 bridgehead atoms. The molecular weight excluding hydrogens is 305 g/mol. The molecule has 0 aliphatic carbocycles. The molecule has 2 saturated heterocycles. The second-order valence-electron chi connectivity index (χ2n) is 5.48. The van der Waals surface area contributed by atoms with Gasteiger partial charge in [-0.05, 0) is 18.9 Å². The Kier molecular flexibility index (Phi) is 3.25. The minimum atomic E-state index is -0.560. The van der Waals surface area contributed by atoms with Crippen LogP contribution in [-0.4, -0.2) is 51.2 Å². The zero-order valence-corrected chi connectivity index (χ0v) is 12.5. The van der Waals surface area contributed by atoms with Gasteiger partial charge >= 0.3 is 0 Å². The number of pyridine rings is 1. The summed E-state index contributed by atoms with van der Waals surface area (Å²) in [6.07, 6.45) is 4.29. The van der Waals surface area contributed by atoms with Gasteiger partial charge in [0, 0.05) is 19.3 Å². The Hall–Kier alpha value is -2.09. The molecule has 2 aromatic heterocycles. The average Bonchev–Trinajstić information content (AvgIpc) is 3.23. The third-order valence-electron chi connectivity index (χ3n) is 4.43. The first kappa shape index (κ1) is 13.6. The van der Waals surface area contributed by atoms with Gasteiger partial charge in [-0.3, -0.25) is 9.78 Å². The van der Waals surface area contributed by atoms with Crippen molar-refractivity contribution in [2.45, 2.75) is 24.9 Å². The van der Waals surface area contributed by atoms with Crippen molar-refractivity contribution in [2.24, 2.45) is 0 Å². The molecule has 0 N–H and O–H groups in total. The number of halogens is 1. The smallest absolute Gasteiger partial charge is 0.257 e. The van der Waals surface area contributed by atoms with Crippen molar-refractivity contribution in [2.75, 3.05) is 18.0 Å². The van der Waals surface area contributed by atoms with Gasteiger partial charge in [-0.25, -0.2) is 4.39 Å². The van der Waals surface area contributed by atoms with Crippen LogP contribution in [0.4, 0.5) is 9.52 Å². The number of nitrogens with zero attached hydrogens (tertiary/aromatic N) is 5. The van der Waals surface area contributed by atoms with E-state index in [1.165, 1.54) is 23.6 Å². The van der Waals surface area contributed by atoms with Crippen molar-refractivity contribution in [3.05, 3.63) is 35.4 Å². The molecule has 1 amide bonds. The van der Waals surface area contributed by atoms with Gasteiger partial charge < -0.3 is 9.80 Å². The summed E-state index contributed by atoms with van der Waals surface area (Å²) >= 11 is 1.51.